The van der Waals surface area contributed by atoms with Gasteiger partial charge >= 0.3 is 6.03 Å². The summed E-state index contributed by atoms with van der Waals surface area (Å²) in [6.07, 6.45) is 3.33. The number of likely N-dealkylation sites (tertiary alicyclic amines) is 1. The number of hydrogen-bond donors (Lipinski definition) is 1. The van der Waals surface area contributed by atoms with Gasteiger partial charge in [0.1, 0.15) is 5.82 Å². The molecule has 29 heavy (non-hydrogen) atoms. The minimum Gasteiger partial charge on any atom is -0.338 e. The molecule has 0 radical (unpaired) electrons. The van der Waals surface area contributed by atoms with Gasteiger partial charge in [0.05, 0.1) is 5.69 Å². The maximum atomic E-state index is 14.1. The van der Waals surface area contributed by atoms with Gasteiger partial charge in [0.2, 0.25) is 5.88 Å². The summed E-state index contributed by atoms with van der Waals surface area (Å²) in [7, 11) is 0. The van der Waals surface area contributed by atoms with Crippen LogP contribution in [0.25, 0.3) is 11.1 Å². The highest BCUT2D eigenvalue weighted by Crippen LogP contribution is 2.30. The summed E-state index contributed by atoms with van der Waals surface area (Å²) in [5.41, 5.74) is 3.94. The molecule has 3 aromatic rings. The number of pyridine rings is 1. The summed E-state index contributed by atoms with van der Waals surface area (Å²) in [5, 5.41) is 6.65. The molecule has 7 heteroatoms. The summed E-state index contributed by atoms with van der Waals surface area (Å²) in [4.78, 5) is 18.8. The third-order valence-corrected chi connectivity index (χ3v) is 5.54. The van der Waals surface area contributed by atoms with E-state index in [1.165, 1.54) is 6.07 Å². The van der Waals surface area contributed by atoms with Gasteiger partial charge in [-0.2, -0.15) is 0 Å². The zero-order valence-electron chi connectivity index (χ0n) is 16.5. The lowest BCUT2D eigenvalue weighted by Gasteiger charge is -2.31. The first-order chi connectivity index (χ1) is 14.0. The van der Waals surface area contributed by atoms with Crippen molar-refractivity contribution in [1.29, 1.82) is 0 Å². The predicted molar refractivity (Wildman–Crippen MR) is 108 cm³/mol. The Kier molecular flexibility index (Phi) is 5.29. The molecule has 3 heterocycles. The van der Waals surface area contributed by atoms with E-state index >= 15 is 0 Å². The molecule has 2 amide bonds. The second-order valence-electron chi connectivity index (χ2n) is 7.36. The van der Waals surface area contributed by atoms with Gasteiger partial charge in [0, 0.05) is 42.0 Å². The van der Waals surface area contributed by atoms with Crippen LogP contribution in [0.2, 0.25) is 0 Å². The van der Waals surface area contributed by atoms with Gasteiger partial charge in [-0.3, -0.25) is 10.3 Å². The van der Waals surface area contributed by atoms with Crippen LogP contribution in [0.1, 0.15) is 35.7 Å². The standard InChI is InChI=1S/C22H23FN4O2/c1-14-15(2)26-29-21(14)25-22(28)27-11-8-16(9-12-27)20-13-17(7-10-24-20)18-5-3-4-6-19(18)23/h3-7,10,13,16H,8-9,11-12H2,1-2H3,(H,25,28). The smallest absolute Gasteiger partial charge is 0.324 e. The van der Waals surface area contributed by atoms with E-state index in [1.807, 2.05) is 32.0 Å². The van der Waals surface area contributed by atoms with Crippen molar-refractivity contribution in [2.45, 2.75) is 32.6 Å². The molecule has 0 aliphatic carbocycles. The van der Waals surface area contributed by atoms with Crippen LogP contribution in [0.4, 0.5) is 15.1 Å². The van der Waals surface area contributed by atoms with Crippen molar-refractivity contribution >= 4 is 11.9 Å². The van der Waals surface area contributed by atoms with Crippen LogP contribution in [-0.2, 0) is 0 Å². The van der Waals surface area contributed by atoms with E-state index in [1.54, 1.807) is 23.2 Å². The third-order valence-electron chi connectivity index (χ3n) is 5.54. The average molecular weight is 394 g/mol. The van der Waals surface area contributed by atoms with E-state index in [9.17, 15) is 9.18 Å². The first kappa shape index (κ1) is 19.1. The molecule has 1 saturated heterocycles. The Morgan fingerprint density at radius 1 is 1.21 bits per heavy atom. The first-order valence-electron chi connectivity index (χ1n) is 9.72. The summed E-state index contributed by atoms with van der Waals surface area (Å²) in [6.45, 7) is 4.94. The summed E-state index contributed by atoms with van der Waals surface area (Å²) >= 11 is 0. The number of carbonyl (C=O) groups is 1. The molecule has 6 nitrogen and oxygen atoms in total. The highest BCUT2D eigenvalue weighted by Gasteiger charge is 2.26. The number of hydrogen-bond acceptors (Lipinski definition) is 4. The number of carbonyl (C=O) groups excluding carboxylic acids is 1. The Balaban J connectivity index is 1.41. The van der Waals surface area contributed by atoms with Gasteiger partial charge in [0.25, 0.3) is 0 Å². The van der Waals surface area contributed by atoms with Crippen LogP contribution in [0.5, 0.6) is 0 Å². The molecule has 1 aromatic carbocycles. The second-order valence-corrected chi connectivity index (χ2v) is 7.36. The Bertz CT molecular complexity index is 1030. The lowest BCUT2D eigenvalue weighted by molar-refractivity contribution is 0.193. The number of aromatic nitrogens is 2. The molecule has 2 aromatic heterocycles. The van der Waals surface area contributed by atoms with Crippen LogP contribution in [0.15, 0.2) is 47.1 Å². The lowest BCUT2D eigenvalue weighted by atomic mass is 9.91. The second kappa shape index (κ2) is 8.03. The Hall–Kier alpha value is -3.22. The number of rotatable bonds is 3. The van der Waals surface area contributed by atoms with Crippen LogP contribution >= 0.6 is 0 Å². The topological polar surface area (TPSA) is 71.3 Å². The fourth-order valence-corrected chi connectivity index (χ4v) is 3.62. The third kappa shape index (κ3) is 3.99. The number of urea groups is 1. The number of anilines is 1. The highest BCUT2D eigenvalue weighted by atomic mass is 19.1. The number of benzene rings is 1. The van der Waals surface area contributed by atoms with Crippen molar-refractivity contribution in [3.8, 4) is 11.1 Å². The lowest BCUT2D eigenvalue weighted by Crippen LogP contribution is -2.40. The summed E-state index contributed by atoms with van der Waals surface area (Å²) < 4.78 is 19.3. The van der Waals surface area contributed by atoms with Crippen LogP contribution < -0.4 is 5.32 Å². The molecule has 1 aliphatic rings. The van der Waals surface area contributed by atoms with E-state index in [0.717, 1.165) is 35.4 Å². The van der Waals surface area contributed by atoms with Crippen molar-refractivity contribution in [2.24, 2.45) is 0 Å². The van der Waals surface area contributed by atoms with Crippen molar-refractivity contribution in [1.82, 2.24) is 15.0 Å². The molecule has 150 valence electrons. The average Bonchev–Trinajstić information content (AvgIpc) is 3.06. The van der Waals surface area contributed by atoms with E-state index < -0.39 is 0 Å². The molecule has 0 unspecified atom stereocenters. The summed E-state index contributed by atoms with van der Waals surface area (Å²) in [5.74, 6) is 0.392. The number of aryl methyl sites for hydroxylation is 1. The quantitative estimate of drug-likeness (QED) is 0.686. The normalized spacial score (nSPS) is 14.8. The summed E-state index contributed by atoms with van der Waals surface area (Å²) in [6, 6.07) is 10.3. The predicted octanol–water partition coefficient (Wildman–Crippen LogP) is 4.90. The van der Waals surface area contributed by atoms with Gasteiger partial charge in [-0.05, 0) is 50.5 Å². The van der Waals surface area contributed by atoms with Crippen molar-refractivity contribution < 1.29 is 13.7 Å². The monoisotopic (exact) mass is 394 g/mol. The van der Waals surface area contributed by atoms with Gasteiger partial charge in [-0.15, -0.1) is 0 Å². The van der Waals surface area contributed by atoms with Crippen molar-refractivity contribution in [2.75, 3.05) is 18.4 Å². The zero-order chi connectivity index (χ0) is 20.4. The fourth-order valence-electron chi connectivity index (χ4n) is 3.62. The molecular weight excluding hydrogens is 371 g/mol. The Morgan fingerprint density at radius 2 is 1.97 bits per heavy atom. The SMILES string of the molecule is Cc1noc(NC(=O)N2CCC(c3cc(-c4ccccc4F)ccn3)CC2)c1C. The van der Waals surface area contributed by atoms with E-state index in [2.05, 4.69) is 15.5 Å². The number of amides is 2. The number of nitrogens with zero attached hydrogens (tertiary/aromatic N) is 3. The highest BCUT2D eigenvalue weighted by molar-refractivity contribution is 5.88. The molecular formula is C22H23FN4O2. The Morgan fingerprint density at radius 3 is 2.66 bits per heavy atom. The molecule has 0 saturated carbocycles. The van der Waals surface area contributed by atoms with E-state index in [-0.39, 0.29) is 17.8 Å². The molecule has 1 fully saturated rings. The van der Waals surface area contributed by atoms with Crippen LogP contribution in [0.3, 0.4) is 0 Å². The van der Waals surface area contributed by atoms with E-state index in [4.69, 9.17) is 4.52 Å². The fraction of sp³-hybridized carbons (Fsp3) is 0.318. The van der Waals surface area contributed by atoms with Crippen LogP contribution in [0, 0.1) is 19.7 Å². The number of piperidine rings is 1. The van der Waals surface area contributed by atoms with Crippen LogP contribution in [-0.4, -0.2) is 34.2 Å². The minimum atomic E-state index is -0.242. The molecule has 0 spiro atoms. The van der Waals surface area contributed by atoms with E-state index in [0.29, 0.717) is 24.5 Å². The zero-order valence-corrected chi connectivity index (χ0v) is 16.5. The number of nitrogens with one attached hydrogen (secondary N) is 1. The van der Waals surface area contributed by atoms with Crippen molar-refractivity contribution in [3.05, 3.63) is 65.4 Å². The largest absolute Gasteiger partial charge is 0.338 e. The maximum Gasteiger partial charge on any atom is 0.324 e. The molecule has 0 atom stereocenters. The van der Waals surface area contributed by atoms with Gasteiger partial charge in [-0.1, -0.05) is 23.4 Å². The minimum absolute atomic E-state index is 0.184. The van der Waals surface area contributed by atoms with Gasteiger partial charge < -0.3 is 9.42 Å². The molecule has 4 rings (SSSR count). The number of halogens is 1. The molecule has 1 aliphatic heterocycles. The van der Waals surface area contributed by atoms with Gasteiger partial charge in [-0.25, -0.2) is 9.18 Å². The maximum absolute atomic E-state index is 14.1. The molecule has 0 bridgehead atoms. The Labute approximate surface area is 168 Å². The first-order valence-corrected chi connectivity index (χ1v) is 9.72. The van der Waals surface area contributed by atoms with Crippen molar-refractivity contribution in [3.63, 3.8) is 0 Å². The molecule has 1 N–H and O–H groups in total. The van der Waals surface area contributed by atoms with Gasteiger partial charge in [0.15, 0.2) is 0 Å².